The average molecular weight is 449 g/mol. The number of fused-ring (bicyclic) bond motifs is 2. The number of pyridine rings is 2. The first-order valence-electron chi connectivity index (χ1n) is 10.9. The molecule has 1 aliphatic carbocycles. The van der Waals surface area contributed by atoms with E-state index >= 15 is 0 Å². The molecule has 0 saturated carbocycles. The Hall–Kier alpha value is -3.20. The second-order valence-corrected chi connectivity index (χ2v) is 10.2. The number of thiophene rings is 1. The molecular weight excluding hydrogens is 424 g/mol. The van der Waals surface area contributed by atoms with E-state index in [9.17, 15) is 9.59 Å². The third-order valence-electron chi connectivity index (χ3n) is 6.90. The molecule has 5 heterocycles. The number of aryl methyl sites for hydroxylation is 2. The molecule has 2 amide bonds. The van der Waals surface area contributed by atoms with Crippen molar-refractivity contribution in [2.24, 2.45) is 5.41 Å². The summed E-state index contributed by atoms with van der Waals surface area (Å²) in [6.45, 7) is 4.19. The van der Waals surface area contributed by atoms with Gasteiger partial charge in [0, 0.05) is 42.5 Å². The summed E-state index contributed by atoms with van der Waals surface area (Å²) >= 11 is 1.35. The SMILES string of the molecule is Cc1ccc2c(N)c(C(=O)NC3CCc4nc(N5CC6(CNC6=O)C5)ccc4C3)sc2n1. The summed E-state index contributed by atoms with van der Waals surface area (Å²) in [7, 11) is 0. The van der Waals surface area contributed by atoms with Crippen molar-refractivity contribution in [2.45, 2.75) is 32.2 Å². The van der Waals surface area contributed by atoms with Crippen LogP contribution >= 0.6 is 11.3 Å². The van der Waals surface area contributed by atoms with Gasteiger partial charge in [0.25, 0.3) is 5.91 Å². The van der Waals surface area contributed by atoms with Gasteiger partial charge in [-0.1, -0.05) is 6.07 Å². The lowest BCUT2D eigenvalue weighted by Gasteiger charge is -2.54. The first kappa shape index (κ1) is 19.5. The molecule has 0 radical (unpaired) electrons. The Labute approximate surface area is 189 Å². The van der Waals surface area contributed by atoms with Crippen LogP contribution in [0.15, 0.2) is 24.3 Å². The zero-order chi connectivity index (χ0) is 22.0. The summed E-state index contributed by atoms with van der Waals surface area (Å²) in [5, 5.41) is 6.84. The Kier molecular flexibility index (Phi) is 4.20. The third-order valence-corrected chi connectivity index (χ3v) is 8.02. The first-order valence-corrected chi connectivity index (χ1v) is 11.7. The Balaban J connectivity index is 1.14. The minimum atomic E-state index is -0.185. The number of rotatable bonds is 3. The van der Waals surface area contributed by atoms with E-state index in [2.05, 4.69) is 26.6 Å². The van der Waals surface area contributed by atoms with Crippen molar-refractivity contribution in [1.82, 2.24) is 20.6 Å². The largest absolute Gasteiger partial charge is 0.397 e. The number of hydrogen-bond acceptors (Lipinski definition) is 7. The van der Waals surface area contributed by atoms with Crippen LogP contribution in [0.25, 0.3) is 10.2 Å². The first-order chi connectivity index (χ1) is 15.4. The molecule has 1 atom stereocenters. The van der Waals surface area contributed by atoms with Gasteiger partial charge in [-0.15, -0.1) is 11.3 Å². The number of anilines is 2. The molecule has 1 spiro atoms. The molecule has 4 N–H and O–H groups in total. The van der Waals surface area contributed by atoms with Crippen molar-refractivity contribution in [3.05, 3.63) is 46.1 Å². The van der Waals surface area contributed by atoms with E-state index in [1.807, 2.05) is 25.1 Å². The third kappa shape index (κ3) is 2.95. The smallest absolute Gasteiger partial charge is 0.263 e. The fourth-order valence-corrected chi connectivity index (χ4v) is 5.96. The molecule has 32 heavy (non-hydrogen) atoms. The molecule has 164 valence electrons. The molecule has 2 saturated heterocycles. The summed E-state index contributed by atoms with van der Waals surface area (Å²) in [5.74, 6) is 0.971. The van der Waals surface area contributed by atoms with Gasteiger partial charge in [-0.05, 0) is 49.9 Å². The molecule has 9 heteroatoms. The highest BCUT2D eigenvalue weighted by molar-refractivity contribution is 7.21. The van der Waals surface area contributed by atoms with E-state index in [4.69, 9.17) is 10.7 Å². The fourth-order valence-electron chi connectivity index (χ4n) is 4.92. The van der Waals surface area contributed by atoms with Crippen molar-refractivity contribution in [3.8, 4) is 0 Å². The van der Waals surface area contributed by atoms with E-state index in [0.29, 0.717) is 10.6 Å². The van der Waals surface area contributed by atoms with E-state index in [-0.39, 0.29) is 23.3 Å². The van der Waals surface area contributed by atoms with Crippen molar-refractivity contribution in [2.75, 3.05) is 30.3 Å². The van der Waals surface area contributed by atoms with Gasteiger partial charge >= 0.3 is 0 Å². The van der Waals surface area contributed by atoms with E-state index in [1.54, 1.807) is 0 Å². The zero-order valence-corrected chi connectivity index (χ0v) is 18.6. The Bertz CT molecular complexity index is 1280. The van der Waals surface area contributed by atoms with Gasteiger partial charge in [0.1, 0.15) is 20.9 Å². The molecule has 3 aromatic rings. The molecule has 3 aromatic heterocycles. The number of hydrogen-bond donors (Lipinski definition) is 3. The second kappa shape index (κ2) is 6.90. The number of nitrogen functional groups attached to an aromatic ring is 1. The highest BCUT2D eigenvalue weighted by Gasteiger charge is 2.55. The predicted molar refractivity (Wildman–Crippen MR) is 124 cm³/mol. The Morgan fingerprint density at radius 2 is 2.12 bits per heavy atom. The van der Waals surface area contributed by atoms with Gasteiger partial charge in [-0.3, -0.25) is 9.59 Å². The van der Waals surface area contributed by atoms with Crippen molar-refractivity contribution < 1.29 is 9.59 Å². The number of nitrogens with one attached hydrogen (secondary N) is 2. The minimum Gasteiger partial charge on any atom is -0.397 e. The highest BCUT2D eigenvalue weighted by atomic mass is 32.1. The molecule has 1 unspecified atom stereocenters. The average Bonchev–Trinajstić information content (AvgIpc) is 3.07. The van der Waals surface area contributed by atoms with Gasteiger partial charge in [-0.25, -0.2) is 9.97 Å². The molecule has 8 nitrogen and oxygen atoms in total. The van der Waals surface area contributed by atoms with Gasteiger partial charge < -0.3 is 21.3 Å². The molecule has 2 aliphatic heterocycles. The summed E-state index contributed by atoms with van der Waals surface area (Å²) in [4.78, 5) is 37.6. The van der Waals surface area contributed by atoms with Crippen molar-refractivity contribution in [3.63, 3.8) is 0 Å². The highest BCUT2D eigenvalue weighted by Crippen LogP contribution is 2.38. The lowest BCUT2D eigenvalue weighted by Crippen LogP contribution is -2.74. The molecule has 2 fully saturated rings. The lowest BCUT2D eigenvalue weighted by atomic mass is 9.73. The fraction of sp³-hybridized carbons (Fsp3) is 0.391. The predicted octanol–water partition coefficient (Wildman–Crippen LogP) is 1.81. The number of β-lactam (4-membered cyclic amide) rings is 1. The van der Waals surface area contributed by atoms with E-state index < -0.39 is 0 Å². The van der Waals surface area contributed by atoms with E-state index in [1.165, 1.54) is 16.9 Å². The maximum absolute atomic E-state index is 12.9. The summed E-state index contributed by atoms with van der Waals surface area (Å²) in [6, 6.07) is 8.03. The van der Waals surface area contributed by atoms with Crippen LogP contribution in [0.4, 0.5) is 11.5 Å². The summed E-state index contributed by atoms with van der Waals surface area (Å²) in [6.07, 6.45) is 2.41. The van der Waals surface area contributed by atoms with Crippen LogP contribution in [0.3, 0.4) is 0 Å². The zero-order valence-electron chi connectivity index (χ0n) is 17.8. The van der Waals surface area contributed by atoms with Gasteiger partial charge in [0.15, 0.2) is 0 Å². The van der Waals surface area contributed by atoms with Crippen LogP contribution in [-0.4, -0.2) is 47.5 Å². The maximum Gasteiger partial charge on any atom is 0.263 e. The van der Waals surface area contributed by atoms with Crippen molar-refractivity contribution in [1.29, 1.82) is 0 Å². The number of carbonyl (C=O) groups is 2. The summed E-state index contributed by atoms with van der Waals surface area (Å²) in [5.41, 5.74) is 9.74. The molecule has 3 aliphatic rings. The van der Waals surface area contributed by atoms with Gasteiger partial charge in [0.2, 0.25) is 5.91 Å². The molecule has 0 bridgehead atoms. The number of nitrogens with two attached hydrogens (primary N) is 1. The Morgan fingerprint density at radius 1 is 1.28 bits per heavy atom. The lowest BCUT2D eigenvalue weighted by molar-refractivity contribution is -0.141. The van der Waals surface area contributed by atoms with E-state index in [0.717, 1.165) is 66.3 Å². The molecular formula is C23H24N6O2S. The second-order valence-electron chi connectivity index (χ2n) is 9.16. The number of nitrogens with zero attached hydrogens (tertiary/aromatic N) is 3. The number of amides is 2. The van der Waals surface area contributed by atoms with Crippen LogP contribution in [0.1, 0.15) is 33.0 Å². The quantitative estimate of drug-likeness (QED) is 0.527. The van der Waals surface area contributed by atoms with Crippen LogP contribution < -0.4 is 21.3 Å². The monoisotopic (exact) mass is 448 g/mol. The van der Waals surface area contributed by atoms with Crippen LogP contribution in [0, 0.1) is 12.3 Å². The minimum absolute atomic E-state index is 0.0490. The van der Waals surface area contributed by atoms with Gasteiger partial charge in [-0.2, -0.15) is 0 Å². The van der Waals surface area contributed by atoms with Crippen LogP contribution in [-0.2, 0) is 17.6 Å². The molecule has 6 rings (SSSR count). The molecule has 0 aromatic carbocycles. The van der Waals surface area contributed by atoms with Crippen LogP contribution in [0.5, 0.6) is 0 Å². The Morgan fingerprint density at radius 3 is 2.88 bits per heavy atom. The number of aromatic nitrogens is 2. The normalized spacial score (nSPS) is 21.0. The number of carbonyl (C=O) groups excluding carboxylic acids is 2. The van der Waals surface area contributed by atoms with Crippen LogP contribution in [0.2, 0.25) is 0 Å². The topological polar surface area (TPSA) is 113 Å². The maximum atomic E-state index is 12.9. The summed E-state index contributed by atoms with van der Waals surface area (Å²) < 4.78 is 0. The van der Waals surface area contributed by atoms with Gasteiger partial charge in [0.05, 0.1) is 5.69 Å². The van der Waals surface area contributed by atoms with Crippen molar-refractivity contribution >= 4 is 44.9 Å². The standard InChI is InChI=1S/C23H24N6O2S/c1-12-2-5-15-18(24)19(32-21(15)26-12)20(30)27-14-4-6-16-13(8-14)3-7-17(28-16)29-10-23(11-29)9-25-22(23)31/h2-3,5,7,14H,4,6,8-11,24H2,1H3,(H,25,31)(H,27,30).